The van der Waals surface area contributed by atoms with Gasteiger partial charge in [-0.05, 0) is 37.6 Å². The number of anilines is 1. The van der Waals surface area contributed by atoms with Gasteiger partial charge in [0, 0.05) is 24.2 Å². The molecule has 3 nitrogen and oxygen atoms in total. The number of alkyl halides is 3. The molecule has 0 aromatic heterocycles. The molecule has 1 aliphatic rings. The number of benzene rings is 1. The van der Waals surface area contributed by atoms with E-state index in [1.54, 1.807) is 6.92 Å². The molecule has 2 unspecified atom stereocenters. The number of hydrogen-bond acceptors (Lipinski definition) is 2. The molecule has 1 aromatic carbocycles. The maximum Gasteiger partial charge on any atom is 0.416 e. The molecule has 116 valence electrons. The summed E-state index contributed by atoms with van der Waals surface area (Å²) in [5, 5.41) is 9.18. The van der Waals surface area contributed by atoms with Crippen LogP contribution in [0, 0.1) is 5.92 Å². The molecule has 0 radical (unpaired) electrons. The first-order valence-electron chi connectivity index (χ1n) is 6.83. The zero-order valence-electron chi connectivity index (χ0n) is 12.1. The second-order valence-electron chi connectivity index (χ2n) is 5.75. The van der Waals surface area contributed by atoms with Crippen molar-refractivity contribution in [1.29, 1.82) is 0 Å². The van der Waals surface area contributed by atoms with E-state index in [1.165, 1.54) is 6.07 Å². The van der Waals surface area contributed by atoms with Gasteiger partial charge < -0.3 is 10.0 Å². The van der Waals surface area contributed by atoms with Crippen LogP contribution in [0.1, 0.15) is 37.8 Å². The van der Waals surface area contributed by atoms with E-state index in [2.05, 4.69) is 0 Å². The molecule has 1 heterocycles. The molecular formula is C15H18F3NO2. The van der Waals surface area contributed by atoms with E-state index in [9.17, 15) is 23.1 Å². The number of nitrogens with zero attached hydrogens (tertiary/aromatic N) is 1. The van der Waals surface area contributed by atoms with E-state index in [-0.39, 0.29) is 6.04 Å². The topological polar surface area (TPSA) is 40.5 Å². The Morgan fingerprint density at radius 2 is 1.95 bits per heavy atom. The van der Waals surface area contributed by atoms with Crippen molar-refractivity contribution >= 4 is 11.7 Å². The van der Waals surface area contributed by atoms with Crippen molar-refractivity contribution < 1.29 is 23.1 Å². The zero-order chi connectivity index (χ0) is 15.9. The molecule has 0 aliphatic carbocycles. The van der Waals surface area contributed by atoms with Gasteiger partial charge in [-0.15, -0.1) is 0 Å². The van der Waals surface area contributed by atoms with Gasteiger partial charge in [0.05, 0.1) is 11.5 Å². The third-order valence-corrected chi connectivity index (χ3v) is 4.07. The summed E-state index contributed by atoms with van der Waals surface area (Å²) in [5.41, 5.74) is 0.457. The van der Waals surface area contributed by atoms with Crippen molar-refractivity contribution in [2.45, 2.75) is 38.9 Å². The summed E-state index contributed by atoms with van der Waals surface area (Å²) >= 11 is 0. The summed E-state index contributed by atoms with van der Waals surface area (Å²) in [6.07, 6.45) is -4.42. The molecule has 0 saturated heterocycles. The normalized spacial score (nSPS) is 19.8. The van der Waals surface area contributed by atoms with Gasteiger partial charge in [0.2, 0.25) is 0 Å². The van der Waals surface area contributed by atoms with Gasteiger partial charge in [-0.1, -0.05) is 6.92 Å². The van der Waals surface area contributed by atoms with Gasteiger partial charge in [-0.25, -0.2) is 0 Å². The van der Waals surface area contributed by atoms with Gasteiger partial charge in [0.15, 0.2) is 0 Å². The minimum absolute atomic E-state index is 0.103. The van der Waals surface area contributed by atoms with Gasteiger partial charge in [0.1, 0.15) is 0 Å². The van der Waals surface area contributed by atoms with Crippen LogP contribution in [0.15, 0.2) is 18.2 Å². The fourth-order valence-corrected chi connectivity index (χ4v) is 2.79. The van der Waals surface area contributed by atoms with Crippen molar-refractivity contribution in [2.75, 3.05) is 11.4 Å². The van der Waals surface area contributed by atoms with Gasteiger partial charge in [-0.3, -0.25) is 4.79 Å². The number of carboxylic acids is 1. The van der Waals surface area contributed by atoms with Crippen LogP contribution < -0.4 is 4.90 Å². The minimum Gasteiger partial charge on any atom is -0.481 e. The molecule has 0 amide bonds. The number of rotatable bonds is 3. The molecule has 1 aromatic rings. The molecular weight excluding hydrogens is 283 g/mol. The Balaban J connectivity index is 2.51. The first-order chi connectivity index (χ1) is 9.62. The van der Waals surface area contributed by atoms with Crippen LogP contribution in [0.5, 0.6) is 0 Å². The molecule has 6 heteroatoms. The molecule has 1 N–H and O–H groups in total. The van der Waals surface area contributed by atoms with Crippen molar-refractivity contribution in [1.82, 2.24) is 0 Å². The molecule has 2 rings (SSSR count). The maximum atomic E-state index is 12.9. The quantitative estimate of drug-likeness (QED) is 0.924. The largest absolute Gasteiger partial charge is 0.481 e. The smallest absolute Gasteiger partial charge is 0.416 e. The third kappa shape index (κ3) is 2.84. The lowest BCUT2D eigenvalue weighted by atomic mass is 9.88. The monoisotopic (exact) mass is 301 g/mol. The Morgan fingerprint density at radius 1 is 1.33 bits per heavy atom. The second kappa shape index (κ2) is 5.24. The molecule has 2 atom stereocenters. The standard InChI is InChI=1S/C15H18F3NO2/c1-8(2)19-7-12(9(3)14(20)21)11-6-10(15(16,17)18)4-5-13(11)19/h4-6,8-9,12H,7H2,1-3H3,(H,20,21). The molecule has 21 heavy (non-hydrogen) atoms. The highest BCUT2D eigenvalue weighted by atomic mass is 19.4. The van der Waals surface area contributed by atoms with E-state index >= 15 is 0 Å². The minimum atomic E-state index is -4.42. The average molecular weight is 301 g/mol. The summed E-state index contributed by atoms with van der Waals surface area (Å²) in [7, 11) is 0. The third-order valence-electron chi connectivity index (χ3n) is 4.07. The fourth-order valence-electron chi connectivity index (χ4n) is 2.79. The first kappa shape index (κ1) is 15.7. The molecule has 0 bridgehead atoms. The zero-order valence-corrected chi connectivity index (χ0v) is 12.1. The van der Waals surface area contributed by atoms with E-state index in [0.717, 1.165) is 12.1 Å². The van der Waals surface area contributed by atoms with E-state index in [4.69, 9.17) is 0 Å². The van der Waals surface area contributed by atoms with Crippen LogP contribution in [0.2, 0.25) is 0 Å². The van der Waals surface area contributed by atoms with Crippen LogP contribution in [-0.4, -0.2) is 23.7 Å². The van der Waals surface area contributed by atoms with E-state index in [1.807, 2.05) is 18.7 Å². The predicted molar refractivity (Wildman–Crippen MR) is 73.5 cm³/mol. The maximum absolute atomic E-state index is 12.9. The number of carbonyl (C=O) groups is 1. The molecule has 0 saturated carbocycles. The number of aliphatic carboxylic acids is 1. The summed E-state index contributed by atoms with van der Waals surface area (Å²) in [4.78, 5) is 13.2. The Bertz CT molecular complexity index is 554. The highest BCUT2D eigenvalue weighted by molar-refractivity contribution is 5.74. The molecule has 0 spiro atoms. The van der Waals surface area contributed by atoms with Gasteiger partial charge in [0.25, 0.3) is 0 Å². The average Bonchev–Trinajstić information content (AvgIpc) is 2.75. The number of carboxylic acid groups (broad SMARTS) is 1. The predicted octanol–water partition coefficient (Wildman–Crippen LogP) is 3.74. The van der Waals surface area contributed by atoms with Crippen molar-refractivity contribution in [3.63, 3.8) is 0 Å². The fraction of sp³-hybridized carbons (Fsp3) is 0.533. The highest BCUT2D eigenvalue weighted by Gasteiger charge is 2.39. The van der Waals surface area contributed by atoms with Crippen LogP contribution in [-0.2, 0) is 11.0 Å². The summed E-state index contributed by atoms with van der Waals surface area (Å²) < 4.78 is 38.6. The van der Waals surface area contributed by atoms with Crippen LogP contribution in [0.3, 0.4) is 0 Å². The lowest BCUT2D eigenvalue weighted by Crippen LogP contribution is -2.31. The van der Waals surface area contributed by atoms with Gasteiger partial charge >= 0.3 is 12.1 Å². The Morgan fingerprint density at radius 3 is 2.43 bits per heavy atom. The number of halogens is 3. The summed E-state index contributed by atoms with van der Waals surface area (Å²) in [6, 6.07) is 3.71. The van der Waals surface area contributed by atoms with Crippen LogP contribution in [0.25, 0.3) is 0 Å². The SMILES string of the molecule is CC(C(=O)O)C1CN(C(C)C)c2ccc(C(F)(F)F)cc21. The first-order valence-corrected chi connectivity index (χ1v) is 6.83. The Hall–Kier alpha value is -1.72. The van der Waals surface area contributed by atoms with Gasteiger partial charge in [-0.2, -0.15) is 13.2 Å². The van der Waals surface area contributed by atoms with Crippen LogP contribution >= 0.6 is 0 Å². The lowest BCUT2D eigenvalue weighted by molar-refractivity contribution is -0.141. The second-order valence-corrected chi connectivity index (χ2v) is 5.75. The summed E-state index contributed by atoms with van der Waals surface area (Å²) in [5.74, 6) is -2.15. The summed E-state index contributed by atoms with van der Waals surface area (Å²) in [6.45, 7) is 5.85. The molecule has 1 aliphatic heterocycles. The van der Waals surface area contributed by atoms with E-state index < -0.39 is 29.5 Å². The molecule has 0 fully saturated rings. The highest BCUT2D eigenvalue weighted by Crippen LogP contribution is 2.44. The van der Waals surface area contributed by atoms with Crippen molar-refractivity contribution in [3.05, 3.63) is 29.3 Å². The lowest BCUT2D eigenvalue weighted by Gasteiger charge is -2.25. The van der Waals surface area contributed by atoms with Crippen molar-refractivity contribution in [2.24, 2.45) is 5.92 Å². The number of hydrogen-bond donors (Lipinski definition) is 1. The van der Waals surface area contributed by atoms with Crippen LogP contribution in [0.4, 0.5) is 18.9 Å². The van der Waals surface area contributed by atoms with E-state index in [0.29, 0.717) is 17.8 Å². The Kier molecular flexibility index (Phi) is 3.91. The Labute approximate surface area is 121 Å². The number of fused-ring (bicyclic) bond motifs is 1. The van der Waals surface area contributed by atoms with Crippen molar-refractivity contribution in [3.8, 4) is 0 Å².